The first-order chi connectivity index (χ1) is 13.5. The summed E-state index contributed by atoms with van der Waals surface area (Å²) in [5, 5.41) is 21.2. The number of carbonyl (C=O) groups is 1. The molecule has 0 spiro atoms. The topological polar surface area (TPSA) is 128 Å². The van der Waals surface area contributed by atoms with Crippen LogP contribution in [-0.2, 0) is 4.79 Å². The summed E-state index contributed by atoms with van der Waals surface area (Å²) in [6, 6.07) is 8.88. The molecule has 1 aromatic carbocycles. The SMILES string of the molecule is C=C1Nc2ncnn2C(c2cccc([N+](=O)[O-])c2)C1C(=O)Nc1cccnc1. The summed E-state index contributed by atoms with van der Waals surface area (Å²) in [6.45, 7) is 3.97. The van der Waals surface area contributed by atoms with E-state index in [4.69, 9.17) is 0 Å². The summed E-state index contributed by atoms with van der Waals surface area (Å²) >= 11 is 0. The standard InChI is InChI=1S/C18H15N7O3/c1-11-15(17(26)23-13-5-3-7-19-9-13)16(24-18(22-11)20-10-21-24)12-4-2-6-14(8-12)25(27)28/h2-10,15-16H,1H2,(H,23,26)(H,20,21,22). The van der Waals surface area contributed by atoms with E-state index in [1.165, 1.54) is 29.3 Å². The summed E-state index contributed by atoms with van der Waals surface area (Å²) in [7, 11) is 0. The van der Waals surface area contributed by atoms with E-state index in [0.29, 0.717) is 22.9 Å². The number of pyridine rings is 1. The second-order valence-electron chi connectivity index (χ2n) is 6.18. The highest BCUT2D eigenvalue weighted by Gasteiger charge is 2.40. The van der Waals surface area contributed by atoms with E-state index in [1.54, 1.807) is 30.5 Å². The molecule has 3 aromatic rings. The van der Waals surface area contributed by atoms with E-state index in [0.717, 1.165) is 0 Å². The van der Waals surface area contributed by atoms with E-state index in [1.807, 2.05) is 0 Å². The van der Waals surface area contributed by atoms with Crippen LogP contribution in [0.15, 0.2) is 67.4 Å². The molecule has 4 rings (SSSR count). The van der Waals surface area contributed by atoms with Gasteiger partial charge >= 0.3 is 0 Å². The van der Waals surface area contributed by atoms with Gasteiger partial charge in [-0.05, 0) is 17.7 Å². The van der Waals surface area contributed by atoms with Crippen LogP contribution in [0.25, 0.3) is 0 Å². The van der Waals surface area contributed by atoms with Crippen LogP contribution >= 0.6 is 0 Å². The van der Waals surface area contributed by atoms with E-state index in [2.05, 4.69) is 32.3 Å². The minimum absolute atomic E-state index is 0.0743. The van der Waals surface area contributed by atoms with Crippen LogP contribution in [0.3, 0.4) is 0 Å². The average Bonchev–Trinajstić information content (AvgIpc) is 3.15. The van der Waals surface area contributed by atoms with Crippen molar-refractivity contribution in [3.63, 3.8) is 0 Å². The Morgan fingerprint density at radius 3 is 2.93 bits per heavy atom. The minimum Gasteiger partial charge on any atom is -0.328 e. The Kier molecular flexibility index (Phi) is 4.28. The average molecular weight is 377 g/mol. The van der Waals surface area contributed by atoms with Crippen LogP contribution < -0.4 is 10.6 Å². The molecule has 2 unspecified atom stereocenters. The molecule has 0 bridgehead atoms. The highest BCUT2D eigenvalue weighted by atomic mass is 16.6. The highest BCUT2D eigenvalue weighted by molar-refractivity contribution is 5.95. The number of fused-ring (bicyclic) bond motifs is 1. The summed E-state index contributed by atoms with van der Waals surface area (Å²) in [4.78, 5) is 31.9. The van der Waals surface area contributed by atoms with Crippen molar-refractivity contribution in [1.29, 1.82) is 0 Å². The van der Waals surface area contributed by atoms with Gasteiger partial charge in [0, 0.05) is 24.0 Å². The first-order valence-corrected chi connectivity index (χ1v) is 8.35. The van der Waals surface area contributed by atoms with Crippen molar-refractivity contribution in [3.05, 3.63) is 83.1 Å². The van der Waals surface area contributed by atoms with Gasteiger partial charge < -0.3 is 10.6 Å². The Morgan fingerprint density at radius 1 is 1.32 bits per heavy atom. The fourth-order valence-electron chi connectivity index (χ4n) is 3.21. The molecule has 2 aromatic heterocycles. The lowest BCUT2D eigenvalue weighted by molar-refractivity contribution is -0.384. The molecular formula is C18H15N7O3. The quantitative estimate of drug-likeness (QED) is 0.527. The van der Waals surface area contributed by atoms with E-state index >= 15 is 0 Å². The highest BCUT2D eigenvalue weighted by Crippen LogP contribution is 2.38. The molecule has 1 aliphatic rings. The van der Waals surface area contributed by atoms with Gasteiger partial charge in [0.15, 0.2) is 0 Å². The van der Waals surface area contributed by atoms with Crippen molar-refractivity contribution in [3.8, 4) is 0 Å². The number of nitro groups is 1. The fourth-order valence-corrected chi connectivity index (χ4v) is 3.21. The Labute approximate surface area is 159 Å². The molecule has 0 radical (unpaired) electrons. The molecule has 0 saturated carbocycles. The molecule has 2 atom stereocenters. The summed E-state index contributed by atoms with van der Waals surface area (Å²) in [5.74, 6) is -0.716. The van der Waals surface area contributed by atoms with Crippen LogP contribution in [0.4, 0.5) is 17.3 Å². The van der Waals surface area contributed by atoms with Crippen molar-refractivity contribution < 1.29 is 9.72 Å². The number of hydrogen-bond acceptors (Lipinski definition) is 7. The zero-order valence-corrected chi connectivity index (χ0v) is 14.5. The number of nitro benzene ring substituents is 1. The normalized spacial score (nSPS) is 18.1. The Morgan fingerprint density at radius 2 is 2.18 bits per heavy atom. The number of rotatable bonds is 4. The van der Waals surface area contributed by atoms with Crippen molar-refractivity contribution in [2.45, 2.75) is 6.04 Å². The van der Waals surface area contributed by atoms with Gasteiger partial charge in [-0.25, -0.2) is 4.68 Å². The van der Waals surface area contributed by atoms with E-state index < -0.39 is 16.9 Å². The summed E-state index contributed by atoms with van der Waals surface area (Å²) in [6.07, 6.45) is 4.48. The minimum atomic E-state index is -0.781. The van der Waals surface area contributed by atoms with Crippen molar-refractivity contribution in [2.24, 2.45) is 5.92 Å². The zero-order chi connectivity index (χ0) is 19.7. The van der Waals surface area contributed by atoms with Gasteiger partial charge in [0.05, 0.1) is 22.8 Å². The fraction of sp³-hybridized carbons (Fsp3) is 0.111. The van der Waals surface area contributed by atoms with E-state index in [-0.39, 0.29) is 11.6 Å². The van der Waals surface area contributed by atoms with Gasteiger partial charge in [-0.1, -0.05) is 18.7 Å². The molecule has 10 heteroatoms. The van der Waals surface area contributed by atoms with Crippen LogP contribution in [0.5, 0.6) is 0 Å². The molecule has 1 aliphatic heterocycles. The molecule has 1 amide bonds. The van der Waals surface area contributed by atoms with Crippen LogP contribution in [-0.4, -0.2) is 30.6 Å². The third-order valence-corrected chi connectivity index (χ3v) is 4.43. The lowest BCUT2D eigenvalue weighted by Gasteiger charge is -2.33. The number of hydrogen-bond donors (Lipinski definition) is 2. The van der Waals surface area contributed by atoms with Crippen molar-refractivity contribution in [2.75, 3.05) is 10.6 Å². The number of aromatic nitrogens is 4. The van der Waals surface area contributed by atoms with Crippen LogP contribution in [0.2, 0.25) is 0 Å². The molecule has 0 fully saturated rings. The monoisotopic (exact) mass is 377 g/mol. The number of carbonyl (C=O) groups excluding carboxylic acids is 1. The maximum atomic E-state index is 13.1. The Bertz CT molecular complexity index is 1060. The first kappa shape index (κ1) is 17.3. The number of nitrogens with one attached hydrogen (secondary N) is 2. The van der Waals surface area contributed by atoms with Crippen LogP contribution in [0.1, 0.15) is 11.6 Å². The summed E-state index contributed by atoms with van der Waals surface area (Å²) in [5.41, 5.74) is 1.42. The molecular weight excluding hydrogens is 362 g/mol. The smallest absolute Gasteiger partial charge is 0.269 e. The van der Waals surface area contributed by atoms with Gasteiger partial charge in [-0.3, -0.25) is 19.9 Å². The van der Waals surface area contributed by atoms with Gasteiger partial charge in [0.1, 0.15) is 12.2 Å². The maximum Gasteiger partial charge on any atom is 0.269 e. The second kappa shape index (κ2) is 6.91. The molecule has 3 heterocycles. The van der Waals surface area contributed by atoms with Crippen LogP contribution in [0, 0.1) is 16.0 Å². The lowest BCUT2D eigenvalue weighted by atomic mass is 9.88. The Balaban J connectivity index is 1.77. The predicted molar refractivity (Wildman–Crippen MR) is 100 cm³/mol. The molecule has 28 heavy (non-hydrogen) atoms. The van der Waals surface area contributed by atoms with Gasteiger partial charge in [-0.2, -0.15) is 10.1 Å². The summed E-state index contributed by atoms with van der Waals surface area (Å²) < 4.78 is 1.53. The number of non-ortho nitro benzene ring substituents is 1. The number of amides is 1. The third-order valence-electron chi connectivity index (χ3n) is 4.43. The van der Waals surface area contributed by atoms with Gasteiger partial charge in [0.2, 0.25) is 11.9 Å². The van der Waals surface area contributed by atoms with Gasteiger partial charge in [-0.15, -0.1) is 0 Å². The molecule has 0 aliphatic carbocycles. The van der Waals surface area contributed by atoms with Crippen molar-refractivity contribution >= 4 is 23.2 Å². The number of nitrogens with zero attached hydrogens (tertiary/aromatic N) is 5. The first-order valence-electron chi connectivity index (χ1n) is 8.35. The molecule has 0 saturated heterocycles. The molecule has 2 N–H and O–H groups in total. The predicted octanol–water partition coefficient (Wildman–Crippen LogP) is 2.36. The third kappa shape index (κ3) is 3.07. The molecule has 10 nitrogen and oxygen atoms in total. The van der Waals surface area contributed by atoms with Crippen molar-refractivity contribution in [1.82, 2.24) is 19.7 Å². The second-order valence-corrected chi connectivity index (χ2v) is 6.18. The number of anilines is 2. The maximum absolute atomic E-state index is 13.1. The van der Waals surface area contributed by atoms with Gasteiger partial charge in [0.25, 0.3) is 5.69 Å². The molecule has 140 valence electrons. The largest absolute Gasteiger partial charge is 0.328 e. The lowest BCUT2D eigenvalue weighted by Crippen LogP contribution is -2.39. The number of benzene rings is 1. The van der Waals surface area contributed by atoms with E-state index in [9.17, 15) is 14.9 Å². The Hall–Kier alpha value is -4.08. The zero-order valence-electron chi connectivity index (χ0n) is 14.5.